The molecule has 3 aromatic carbocycles. The summed E-state index contributed by atoms with van der Waals surface area (Å²) in [5, 5.41) is 2.99. The number of amides is 1. The molecule has 0 spiro atoms. The minimum atomic E-state index is -0.580. The molecule has 0 aliphatic carbocycles. The molecule has 0 saturated carbocycles. The van der Waals surface area contributed by atoms with Crippen LogP contribution in [0, 0.1) is 20.8 Å². The van der Waals surface area contributed by atoms with Gasteiger partial charge in [-0.2, -0.15) is 0 Å². The predicted molar refractivity (Wildman–Crippen MR) is 122 cm³/mol. The van der Waals surface area contributed by atoms with Crippen LogP contribution in [-0.4, -0.2) is 12.0 Å². The number of aryl methyl sites for hydroxylation is 3. The number of carbonyl (C=O) groups is 1. The van der Waals surface area contributed by atoms with Gasteiger partial charge < -0.3 is 10.1 Å². The summed E-state index contributed by atoms with van der Waals surface area (Å²) in [6.07, 6.45) is -0.580. The van der Waals surface area contributed by atoms with Gasteiger partial charge in [-0.05, 0) is 80.3 Å². The molecular weight excluding hydrogens is 378 g/mol. The lowest BCUT2D eigenvalue weighted by Crippen LogP contribution is -2.30. The van der Waals surface area contributed by atoms with E-state index in [0.29, 0.717) is 0 Å². The highest BCUT2D eigenvalue weighted by Gasteiger charge is 2.16. The molecule has 1 amide bonds. The zero-order chi connectivity index (χ0) is 20.8. The van der Waals surface area contributed by atoms with Gasteiger partial charge in [0.1, 0.15) is 5.75 Å². The molecule has 3 nitrogen and oxygen atoms in total. The monoisotopic (exact) mass is 405 g/mol. The van der Waals surface area contributed by atoms with Crippen molar-refractivity contribution in [3.05, 3.63) is 89.0 Å². The Labute approximate surface area is 177 Å². The Kier molecular flexibility index (Phi) is 6.99. The highest BCUT2D eigenvalue weighted by Crippen LogP contribution is 2.25. The summed E-state index contributed by atoms with van der Waals surface area (Å²) < 4.78 is 5.85. The van der Waals surface area contributed by atoms with Crippen molar-refractivity contribution < 1.29 is 9.53 Å². The van der Waals surface area contributed by atoms with Crippen LogP contribution in [0.5, 0.6) is 5.75 Å². The van der Waals surface area contributed by atoms with Crippen molar-refractivity contribution in [2.24, 2.45) is 0 Å². The molecule has 3 rings (SSSR count). The first-order valence-electron chi connectivity index (χ1n) is 9.74. The van der Waals surface area contributed by atoms with Crippen LogP contribution >= 0.6 is 11.8 Å². The van der Waals surface area contributed by atoms with Crippen LogP contribution < -0.4 is 10.1 Å². The van der Waals surface area contributed by atoms with E-state index in [9.17, 15) is 4.79 Å². The summed E-state index contributed by atoms with van der Waals surface area (Å²) in [4.78, 5) is 13.8. The molecule has 0 heterocycles. The van der Waals surface area contributed by atoms with Crippen LogP contribution in [0.15, 0.2) is 71.6 Å². The molecule has 0 bridgehead atoms. The van der Waals surface area contributed by atoms with Crippen molar-refractivity contribution in [1.29, 1.82) is 0 Å². The number of rotatable bonds is 7. The highest BCUT2D eigenvalue weighted by atomic mass is 32.2. The average molecular weight is 406 g/mol. The number of benzene rings is 3. The molecule has 150 valence electrons. The standard InChI is InChI=1S/C25H27NO2S/c1-17-12-18(2)14-22(13-17)28-20(4)25(27)26-24-11-10-21(15-19(24)3)16-29-23-8-6-5-7-9-23/h5-15,20H,16H2,1-4H3,(H,26,27)/t20-/m1/s1. The Hall–Kier alpha value is -2.72. The molecule has 0 aliphatic heterocycles. The van der Waals surface area contributed by atoms with Gasteiger partial charge in [0.2, 0.25) is 0 Å². The predicted octanol–water partition coefficient (Wildman–Crippen LogP) is 6.31. The molecule has 4 heteroatoms. The summed E-state index contributed by atoms with van der Waals surface area (Å²) in [6, 6.07) is 22.5. The number of thioether (sulfide) groups is 1. The molecule has 1 atom stereocenters. The number of carbonyl (C=O) groups excluding carboxylic acids is 1. The maximum atomic E-state index is 12.6. The lowest BCUT2D eigenvalue weighted by Gasteiger charge is -2.17. The van der Waals surface area contributed by atoms with Crippen LogP contribution in [-0.2, 0) is 10.5 Å². The minimum absolute atomic E-state index is 0.154. The molecule has 1 N–H and O–H groups in total. The van der Waals surface area contributed by atoms with E-state index in [4.69, 9.17) is 4.74 Å². The van der Waals surface area contributed by atoms with Gasteiger partial charge in [0, 0.05) is 16.3 Å². The molecular formula is C25H27NO2S. The topological polar surface area (TPSA) is 38.3 Å². The molecule has 0 aromatic heterocycles. The fraction of sp³-hybridized carbons (Fsp3) is 0.240. The molecule has 0 saturated heterocycles. The number of ether oxygens (including phenoxy) is 1. The Morgan fingerprint density at radius 3 is 2.31 bits per heavy atom. The fourth-order valence-electron chi connectivity index (χ4n) is 3.13. The van der Waals surface area contributed by atoms with Gasteiger partial charge in [-0.15, -0.1) is 11.8 Å². The van der Waals surface area contributed by atoms with Gasteiger partial charge in [-0.25, -0.2) is 0 Å². The van der Waals surface area contributed by atoms with E-state index in [1.54, 1.807) is 18.7 Å². The highest BCUT2D eigenvalue weighted by molar-refractivity contribution is 7.98. The first kappa shape index (κ1) is 21.0. The minimum Gasteiger partial charge on any atom is -0.481 e. The maximum absolute atomic E-state index is 12.6. The third-order valence-corrected chi connectivity index (χ3v) is 5.66. The van der Waals surface area contributed by atoms with Gasteiger partial charge >= 0.3 is 0 Å². The van der Waals surface area contributed by atoms with E-state index in [2.05, 4.69) is 35.6 Å². The first-order chi connectivity index (χ1) is 13.9. The van der Waals surface area contributed by atoms with E-state index in [1.807, 2.05) is 57.2 Å². The third kappa shape index (κ3) is 6.13. The van der Waals surface area contributed by atoms with Crippen LogP contribution in [0.25, 0.3) is 0 Å². The lowest BCUT2D eigenvalue weighted by molar-refractivity contribution is -0.122. The second-order valence-corrected chi connectivity index (χ2v) is 8.37. The summed E-state index contributed by atoms with van der Waals surface area (Å²) in [5.74, 6) is 1.46. The zero-order valence-electron chi connectivity index (χ0n) is 17.4. The number of nitrogens with one attached hydrogen (secondary N) is 1. The quantitative estimate of drug-likeness (QED) is 0.468. The van der Waals surface area contributed by atoms with Crippen molar-refractivity contribution >= 4 is 23.4 Å². The van der Waals surface area contributed by atoms with Gasteiger partial charge in [-0.3, -0.25) is 4.79 Å². The number of hydrogen-bond donors (Lipinski definition) is 1. The molecule has 29 heavy (non-hydrogen) atoms. The number of hydrogen-bond acceptors (Lipinski definition) is 3. The maximum Gasteiger partial charge on any atom is 0.265 e. The first-order valence-corrected chi connectivity index (χ1v) is 10.7. The van der Waals surface area contributed by atoms with Gasteiger partial charge in [0.15, 0.2) is 6.10 Å². The average Bonchev–Trinajstić information content (AvgIpc) is 2.68. The molecule has 0 unspecified atom stereocenters. The Morgan fingerprint density at radius 1 is 0.966 bits per heavy atom. The van der Waals surface area contributed by atoms with Crippen molar-refractivity contribution in [2.45, 2.75) is 44.4 Å². The third-order valence-electron chi connectivity index (χ3n) is 4.57. The zero-order valence-corrected chi connectivity index (χ0v) is 18.2. The Balaban J connectivity index is 1.59. The fourth-order valence-corrected chi connectivity index (χ4v) is 3.99. The van der Waals surface area contributed by atoms with Crippen molar-refractivity contribution in [3.8, 4) is 5.75 Å². The van der Waals surface area contributed by atoms with Crippen LogP contribution in [0.2, 0.25) is 0 Å². The van der Waals surface area contributed by atoms with Crippen LogP contribution in [0.3, 0.4) is 0 Å². The molecule has 0 radical (unpaired) electrons. The van der Waals surface area contributed by atoms with Crippen LogP contribution in [0.1, 0.15) is 29.2 Å². The van der Waals surface area contributed by atoms with E-state index in [1.165, 1.54) is 10.5 Å². The molecule has 0 aliphatic rings. The van der Waals surface area contributed by atoms with Gasteiger partial charge in [0.25, 0.3) is 5.91 Å². The van der Waals surface area contributed by atoms with E-state index < -0.39 is 6.10 Å². The van der Waals surface area contributed by atoms with Gasteiger partial charge in [0.05, 0.1) is 0 Å². The SMILES string of the molecule is Cc1cc(C)cc(O[C@H](C)C(=O)Nc2ccc(CSc3ccccc3)cc2C)c1. The molecule has 3 aromatic rings. The summed E-state index contributed by atoms with van der Waals surface area (Å²) in [6.45, 7) is 7.83. The summed E-state index contributed by atoms with van der Waals surface area (Å²) in [5.41, 5.74) is 5.33. The summed E-state index contributed by atoms with van der Waals surface area (Å²) in [7, 11) is 0. The van der Waals surface area contributed by atoms with Gasteiger partial charge in [-0.1, -0.05) is 36.4 Å². The van der Waals surface area contributed by atoms with E-state index in [-0.39, 0.29) is 5.91 Å². The van der Waals surface area contributed by atoms with Crippen molar-refractivity contribution in [1.82, 2.24) is 0 Å². The Morgan fingerprint density at radius 2 is 1.66 bits per heavy atom. The van der Waals surface area contributed by atoms with Crippen molar-refractivity contribution in [2.75, 3.05) is 5.32 Å². The summed E-state index contributed by atoms with van der Waals surface area (Å²) >= 11 is 1.80. The van der Waals surface area contributed by atoms with E-state index >= 15 is 0 Å². The van der Waals surface area contributed by atoms with E-state index in [0.717, 1.165) is 33.9 Å². The second-order valence-electron chi connectivity index (χ2n) is 7.32. The lowest BCUT2D eigenvalue weighted by atomic mass is 10.1. The molecule has 0 fully saturated rings. The largest absolute Gasteiger partial charge is 0.481 e. The normalized spacial score (nSPS) is 11.7. The van der Waals surface area contributed by atoms with Crippen LogP contribution in [0.4, 0.5) is 5.69 Å². The second kappa shape index (κ2) is 9.66. The Bertz CT molecular complexity index is 965. The van der Waals surface area contributed by atoms with Crippen molar-refractivity contribution in [3.63, 3.8) is 0 Å². The number of anilines is 1. The smallest absolute Gasteiger partial charge is 0.265 e.